The van der Waals surface area contributed by atoms with E-state index >= 15 is 0 Å². The molecule has 0 aliphatic rings. The van der Waals surface area contributed by atoms with Crippen molar-refractivity contribution in [3.05, 3.63) is 24.0 Å². The summed E-state index contributed by atoms with van der Waals surface area (Å²) in [6, 6.07) is 3.55. The van der Waals surface area contributed by atoms with E-state index in [-0.39, 0.29) is 11.9 Å². The third-order valence-corrected chi connectivity index (χ3v) is 1.46. The van der Waals surface area contributed by atoms with Gasteiger partial charge >= 0.3 is 0 Å². The van der Waals surface area contributed by atoms with E-state index in [1.54, 1.807) is 12.3 Å². The Balaban J connectivity index is 0.000000791. The molecule has 0 aliphatic heterocycles. The summed E-state index contributed by atoms with van der Waals surface area (Å²) in [7, 11) is 0. The van der Waals surface area contributed by atoms with Gasteiger partial charge in [-0.25, -0.2) is 0 Å². The second-order valence-electron chi connectivity index (χ2n) is 2.57. The summed E-state index contributed by atoms with van der Waals surface area (Å²) in [6.07, 6.45) is 1.60. The molecule has 0 radical (unpaired) electrons. The summed E-state index contributed by atoms with van der Waals surface area (Å²) in [4.78, 5) is 10.7. The highest BCUT2D eigenvalue weighted by molar-refractivity contribution is 5.73. The van der Waals surface area contributed by atoms with E-state index in [0.29, 0.717) is 0 Å². The fourth-order valence-corrected chi connectivity index (χ4v) is 0.923. The van der Waals surface area contributed by atoms with Crippen LogP contribution in [0.4, 0.5) is 0 Å². The van der Waals surface area contributed by atoms with Gasteiger partial charge in [0.2, 0.25) is 5.91 Å². The highest BCUT2D eigenvalue weighted by Gasteiger charge is 2.06. The molecule has 1 heterocycles. The molecule has 0 saturated heterocycles. The molecule has 1 N–H and O–H groups in total. The zero-order chi connectivity index (χ0) is 11.0. The number of nitrogens with zero attached hydrogens (tertiary/aromatic N) is 2. The zero-order valence-corrected chi connectivity index (χ0v) is 9.11. The Labute approximate surface area is 84.7 Å². The summed E-state index contributed by atoms with van der Waals surface area (Å²) in [5.74, 6) is -0.0619. The summed E-state index contributed by atoms with van der Waals surface area (Å²) >= 11 is 0. The van der Waals surface area contributed by atoms with Gasteiger partial charge in [-0.3, -0.25) is 4.79 Å². The van der Waals surface area contributed by atoms with Crippen LogP contribution in [0.5, 0.6) is 0 Å². The molecule has 0 aliphatic carbocycles. The summed E-state index contributed by atoms with van der Waals surface area (Å²) in [6.45, 7) is 7.35. The van der Waals surface area contributed by atoms with Crippen LogP contribution >= 0.6 is 0 Å². The predicted octanol–water partition coefficient (Wildman–Crippen LogP) is 1.70. The topological polar surface area (TPSA) is 54.9 Å². The average Bonchev–Trinajstić information content (AvgIpc) is 2.21. The van der Waals surface area contributed by atoms with Crippen molar-refractivity contribution in [1.29, 1.82) is 0 Å². The van der Waals surface area contributed by atoms with E-state index in [4.69, 9.17) is 0 Å². The first-order valence-electron chi connectivity index (χ1n) is 4.75. The molecule has 0 bridgehead atoms. The molecule has 0 fully saturated rings. The molecule has 1 atom stereocenters. The zero-order valence-electron chi connectivity index (χ0n) is 9.11. The number of amides is 1. The number of aromatic nitrogens is 2. The first-order chi connectivity index (χ1) is 6.70. The normalized spacial score (nSPS) is 10.9. The fraction of sp³-hybridized carbons (Fsp3) is 0.500. The van der Waals surface area contributed by atoms with E-state index in [9.17, 15) is 4.79 Å². The molecule has 1 aromatic rings. The third-order valence-electron chi connectivity index (χ3n) is 1.46. The molecular formula is C10H17N3O. The molecule has 0 saturated carbocycles. The summed E-state index contributed by atoms with van der Waals surface area (Å²) < 4.78 is 0. The van der Waals surface area contributed by atoms with Crippen molar-refractivity contribution in [2.75, 3.05) is 0 Å². The van der Waals surface area contributed by atoms with E-state index < -0.39 is 0 Å². The van der Waals surface area contributed by atoms with Crippen LogP contribution < -0.4 is 5.32 Å². The maximum atomic E-state index is 10.7. The molecule has 4 nitrogen and oxygen atoms in total. The second kappa shape index (κ2) is 7.00. The minimum absolute atomic E-state index is 0.0619. The standard InChI is InChI=1S/C8H11N3O.C2H6/c1-6(10-7(2)12)8-4-3-5-9-11-8;1-2/h3-6H,1-2H3,(H,10,12);1-2H3/t6-;/m1./s1. The summed E-state index contributed by atoms with van der Waals surface area (Å²) in [5.41, 5.74) is 0.771. The van der Waals surface area contributed by atoms with Gasteiger partial charge in [0.1, 0.15) is 0 Å². The number of nitrogens with one attached hydrogen (secondary N) is 1. The molecule has 1 rings (SSSR count). The van der Waals surface area contributed by atoms with Crippen molar-refractivity contribution >= 4 is 5.91 Å². The number of rotatable bonds is 2. The second-order valence-corrected chi connectivity index (χ2v) is 2.57. The lowest BCUT2D eigenvalue weighted by molar-refractivity contribution is -0.119. The Morgan fingerprint density at radius 1 is 1.50 bits per heavy atom. The highest BCUT2D eigenvalue weighted by Crippen LogP contribution is 2.05. The number of carbonyl (C=O) groups excluding carboxylic acids is 1. The van der Waals surface area contributed by atoms with Gasteiger partial charge in [0.15, 0.2) is 0 Å². The minimum Gasteiger partial charge on any atom is -0.348 e. The van der Waals surface area contributed by atoms with E-state index in [2.05, 4.69) is 15.5 Å². The van der Waals surface area contributed by atoms with Gasteiger partial charge in [0, 0.05) is 13.1 Å². The van der Waals surface area contributed by atoms with Crippen LogP contribution in [0.1, 0.15) is 39.4 Å². The molecule has 0 aromatic carbocycles. The lowest BCUT2D eigenvalue weighted by Crippen LogP contribution is -2.24. The molecular weight excluding hydrogens is 178 g/mol. The van der Waals surface area contributed by atoms with Crippen LogP contribution in [0.25, 0.3) is 0 Å². The van der Waals surface area contributed by atoms with Gasteiger partial charge in [-0.2, -0.15) is 10.2 Å². The molecule has 4 heteroatoms. The Hall–Kier alpha value is -1.45. The van der Waals surface area contributed by atoms with Crippen molar-refractivity contribution in [1.82, 2.24) is 15.5 Å². The SMILES string of the molecule is CC.CC(=O)N[C@H](C)c1cccnn1. The van der Waals surface area contributed by atoms with Crippen LogP contribution in [0, 0.1) is 0 Å². The van der Waals surface area contributed by atoms with Gasteiger partial charge in [-0.1, -0.05) is 13.8 Å². The Kier molecular flexibility index (Phi) is 6.28. The third kappa shape index (κ3) is 4.54. The number of hydrogen-bond acceptors (Lipinski definition) is 3. The van der Waals surface area contributed by atoms with Crippen LogP contribution in [-0.2, 0) is 4.79 Å². The van der Waals surface area contributed by atoms with E-state index in [1.807, 2.05) is 26.8 Å². The molecule has 0 unspecified atom stereocenters. The minimum atomic E-state index is -0.0730. The lowest BCUT2D eigenvalue weighted by Gasteiger charge is -2.09. The van der Waals surface area contributed by atoms with E-state index in [1.165, 1.54) is 6.92 Å². The number of carbonyl (C=O) groups is 1. The summed E-state index contributed by atoms with van der Waals surface area (Å²) in [5, 5.41) is 10.3. The first kappa shape index (κ1) is 12.6. The fourth-order valence-electron chi connectivity index (χ4n) is 0.923. The van der Waals surface area contributed by atoms with Gasteiger partial charge in [0.25, 0.3) is 0 Å². The molecule has 78 valence electrons. The maximum Gasteiger partial charge on any atom is 0.217 e. The predicted molar refractivity (Wildman–Crippen MR) is 55.6 cm³/mol. The monoisotopic (exact) mass is 195 g/mol. The Morgan fingerprint density at radius 3 is 2.57 bits per heavy atom. The molecule has 1 aromatic heterocycles. The van der Waals surface area contributed by atoms with E-state index in [0.717, 1.165) is 5.69 Å². The van der Waals surface area contributed by atoms with Crippen molar-refractivity contribution < 1.29 is 4.79 Å². The quantitative estimate of drug-likeness (QED) is 0.781. The Bertz CT molecular complexity index is 261. The van der Waals surface area contributed by atoms with Crippen LogP contribution in [0.3, 0.4) is 0 Å². The van der Waals surface area contributed by atoms with Crippen molar-refractivity contribution in [2.45, 2.75) is 33.7 Å². The largest absolute Gasteiger partial charge is 0.348 e. The van der Waals surface area contributed by atoms with Crippen LogP contribution in [0.15, 0.2) is 18.3 Å². The number of hydrogen-bond donors (Lipinski definition) is 1. The molecule has 0 spiro atoms. The lowest BCUT2D eigenvalue weighted by atomic mass is 10.2. The van der Waals surface area contributed by atoms with Gasteiger partial charge in [-0.15, -0.1) is 0 Å². The highest BCUT2D eigenvalue weighted by atomic mass is 16.1. The van der Waals surface area contributed by atoms with Crippen molar-refractivity contribution in [3.8, 4) is 0 Å². The van der Waals surface area contributed by atoms with Gasteiger partial charge in [-0.05, 0) is 19.1 Å². The maximum absolute atomic E-state index is 10.7. The molecule has 14 heavy (non-hydrogen) atoms. The Morgan fingerprint density at radius 2 is 2.14 bits per heavy atom. The van der Waals surface area contributed by atoms with Crippen molar-refractivity contribution in [3.63, 3.8) is 0 Å². The first-order valence-corrected chi connectivity index (χ1v) is 4.75. The van der Waals surface area contributed by atoms with Gasteiger partial charge in [0.05, 0.1) is 11.7 Å². The van der Waals surface area contributed by atoms with Crippen LogP contribution in [-0.4, -0.2) is 16.1 Å². The van der Waals surface area contributed by atoms with Gasteiger partial charge < -0.3 is 5.32 Å². The van der Waals surface area contributed by atoms with Crippen molar-refractivity contribution in [2.24, 2.45) is 0 Å². The average molecular weight is 195 g/mol. The molecule has 1 amide bonds. The van der Waals surface area contributed by atoms with Crippen LogP contribution in [0.2, 0.25) is 0 Å². The smallest absolute Gasteiger partial charge is 0.217 e.